The number of primary amides is 1. The molecule has 0 radical (unpaired) electrons. The number of benzene rings is 2. The molecule has 11 heteroatoms. The van der Waals surface area contributed by atoms with Crippen LogP contribution in [0.25, 0.3) is 0 Å². The van der Waals surface area contributed by atoms with Crippen molar-refractivity contribution < 1.29 is 27.7 Å². The molecule has 0 aliphatic heterocycles. The molecule has 0 spiro atoms. The molecule has 7 nitrogen and oxygen atoms in total. The fourth-order valence-corrected chi connectivity index (χ4v) is 2.69. The van der Waals surface area contributed by atoms with E-state index in [1.54, 1.807) is 0 Å². The van der Waals surface area contributed by atoms with Gasteiger partial charge in [0.1, 0.15) is 0 Å². The summed E-state index contributed by atoms with van der Waals surface area (Å²) in [6.07, 6.45) is 0. The van der Waals surface area contributed by atoms with E-state index in [-0.39, 0.29) is 16.2 Å². The normalized spacial score (nSPS) is 10.4. The third-order valence-electron chi connectivity index (χ3n) is 3.11. The molecule has 0 saturated heterocycles. The van der Waals surface area contributed by atoms with Crippen LogP contribution in [0.2, 0.25) is 0 Å². The van der Waals surface area contributed by atoms with Gasteiger partial charge in [-0.1, -0.05) is 0 Å². The molecule has 2 aromatic rings. The fourth-order valence-electron chi connectivity index (χ4n) is 1.89. The van der Waals surface area contributed by atoms with Crippen LogP contribution in [0.15, 0.2) is 35.2 Å². The largest absolute Gasteiger partial charge is 0.366 e. The maximum atomic E-state index is 13.5. The first-order valence-electron chi connectivity index (χ1n) is 6.85. The Hall–Kier alpha value is -3.08. The highest BCUT2D eigenvalue weighted by atomic mass is 32.2. The number of nitrogens with two attached hydrogens (primary N) is 1. The van der Waals surface area contributed by atoms with E-state index >= 15 is 0 Å². The zero-order valence-corrected chi connectivity index (χ0v) is 13.6. The number of carbonyl (C=O) groups is 2. The van der Waals surface area contributed by atoms with Gasteiger partial charge in [-0.25, -0.2) is 13.2 Å². The van der Waals surface area contributed by atoms with Gasteiger partial charge >= 0.3 is 0 Å². The Morgan fingerprint density at radius 3 is 2.46 bits per heavy atom. The second-order valence-corrected chi connectivity index (χ2v) is 5.88. The molecule has 2 aromatic carbocycles. The first-order valence-corrected chi connectivity index (χ1v) is 7.83. The highest BCUT2D eigenvalue weighted by molar-refractivity contribution is 8.00. The lowest BCUT2D eigenvalue weighted by Crippen LogP contribution is -2.16. The van der Waals surface area contributed by atoms with Crippen molar-refractivity contribution in [3.05, 3.63) is 63.5 Å². The Bertz CT molecular complexity index is 908. The van der Waals surface area contributed by atoms with E-state index in [1.807, 2.05) is 5.32 Å². The van der Waals surface area contributed by atoms with Crippen LogP contribution in [0, 0.1) is 27.6 Å². The van der Waals surface area contributed by atoms with Crippen LogP contribution in [0.3, 0.4) is 0 Å². The van der Waals surface area contributed by atoms with Gasteiger partial charge in [-0.2, -0.15) is 0 Å². The Morgan fingerprint density at radius 1 is 1.15 bits per heavy atom. The van der Waals surface area contributed by atoms with Gasteiger partial charge in [0, 0.05) is 11.6 Å². The van der Waals surface area contributed by atoms with Crippen molar-refractivity contribution in [2.45, 2.75) is 4.90 Å². The number of nitrogens with zero attached hydrogens (tertiary/aromatic N) is 1. The number of rotatable bonds is 6. The molecule has 0 fully saturated rings. The Kier molecular flexibility index (Phi) is 5.82. The van der Waals surface area contributed by atoms with E-state index in [4.69, 9.17) is 5.73 Å². The highest BCUT2D eigenvalue weighted by Gasteiger charge is 2.19. The summed E-state index contributed by atoms with van der Waals surface area (Å²) < 4.78 is 39.5. The number of hydrogen-bond acceptors (Lipinski definition) is 5. The van der Waals surface area contributed by atoms with Crippen LogP contribution >= 0.6 is 11.8 Å². The Balaban J connectivity index is 2.11. The number of amides is 2. The number of nitro groups is 1. The first kappa shape index (κ1) is 19.2. The lowest BCUT2D eigenvalue weighted by Gasteiger charge is -2.08. The summed E-state index contributed by atoms with van der Waals surface area (Å²) >= 11 is 0.740. The molecule has 0 aromatic heterocycles. The number of anilines is 1. The van der Waals surface area contributed by atoms with Crippen molar-refractivity contribution in [2.75, 3.05) is 11.1 Å². The molecule has 0 aliphatic carbocycles. The Morgan fingerprint density at radius 2 is 1.85 bits per heavy atom. The van der Waals surface area contributed by atoms with Crippen LogP contribution in [-0.4, -0.2) is 22.5 Å². The molecule has 2 amide bonds. The molecule has 3 N–H and O–H groups in total. The number of thioether (sulfide) groups is 1. The van der Waals surface area contributed by atoms with E-state index < -0.39 is 45.6 Å². The molecule has 26 heavy (non-hydrogen) atoms. The van der Waals surface area contributed by atoms with Crippen molar-refractivity contribution in [2.24, 2.45) is 5.73 Å². The van der Waals surface area contributed by atoms with Gasteiger partial charge in [-0.05, 0) is 24.3 Å². The number of hydrogen-bond donors (Lipinski definition) is 2. The van der Waals surface area contributed by atoms with Gasteiger partial charge < -0.3 is 11.1 Å². The SMILES string of the molecule is NC(=O)c1ccc(SCC(=O)Nc2ccc(F)c(F)c2F)c([N+](=O)[O-])c1. The minimum Gasteiger partial charge on any atom is -0.366 e. The predicted molar refractivity (Wildman–Crippen MR) is 87.3 cm³/mol. The molecule has 0 saturated carbocycles. The van der Waals surface area contributed by atoms with E-state index in [0.29, 0.717) is 6.07 Å². The van der Waals surface area contributed by atoms with Gasteiger partial charge in [0.25, 0.3) is 5.69 Å². The van der Waals surface area contributed by atoms with E-state index in [1.165, 1.54) is 12.1 Å². The van der Waals surface area contributed by atoms with Crippen molar-refractivity contribution in [3.63, 3.8) is 0 Å². The van der Waals surface area contributed by atoms with Gasteiger partial charge in [0.15, 0.2) is 17.5 Å². The molecular weight excluding hydrogens is 375 g/mol. The monoisotopic (exact) mass is 385 g/mol. The molecule has 0 aliphatic rings. The smallest absolute Gasteiger partial charge is 0.283 e. The number of halogens is 3. The molecular formula is C15H10F3N3O4S. The number of carbonyl (C=O) groups excluding carboxylic acids is 2. The van der Waals surface area contributed by atoms with Crippen LogP contribution in [0.4, 0.5) is 24.5 Å². The van der Waals surface area contributed by atoms with Gasteiger partial charge in [0.05, 0.1) is 21.3 Å². The van der Waals surface area contributed by atoms with Gasteiger partial charge in [0.2, 0.25) is 11.8 Å². The minimum atomic E-state index is -1.73. The quantitative estimate of drug-likeness (QED) is 0.343. The van der Waals surface area contributed by atoms with Crippen molar-refractivity contribution in [1.82, 2.24) is 0 Å². The third-order valence-corrected chi connectivity index (χ3v) is 4.17. The van der Waals surface area contributed by atoms with E-state index in [2.05, 4.69) is 0 Å². The van der Waals surface area contributed by atoms with E-state index in [9.17, 15) is 32.9 Å². The number of nitro benzene ring substituents is 1. The molecule has 136 valence electrons. The van der Waals surface area contributed by atoms with Crippen LogP contribution in [-0.2, 0) is 4.79 Å². The second-order valence-electron chi connectivity index (χ2n) is 4.86. The average Bonchev–Trinajstić information content (AvgIpc) is 2.60. The first-order chi connectivity index (χ1) is 12.2. The van der Waals surface area contributed by atoms with E-state index in [0.717, 1.165) is 23.9 Å². The van der Waals surface area contributed by atoms with Crippen LogP contribution in [0.5, 0.6) is 0 Å². The summed E-state index contributed by atoms with van der Waals surface area (Å²) in [4.78, 5) is 33.3. The highest BCUT2D eigenvalue weighted by Crippen LogP contribution is 2.30. The lowest BCUT2D eigenvalue weighted by atomic mass is 10.2. The van der Waals surface area contributed by atoms with Crippen molar-refractivity contribution in [3.8, 4) is 0 Å². The molecule has 0 bridgehead atoms. The van der Waals surface area contributed by atoms with Gasteiger partial charge in [-0.15, -0.1) is 11.8 Å². The average molecular weight is 385 g/mol. The van der Waals surface area contributed by atoms with Crippen LogP contribution in [0.1, 0.15) is 10.4 Å². The summed E-state index contributed by atoms with van der Waals surface area (Å²) in [5, 5.41) is 13.1. The zero-order valence-electron chi connectivity index (χ0n) is 12.8. The second kappa shape index (κ2) is 7.87. The third kappa shape index (κ3) is 4.30. The molecule has 0 heterocycles. The predicted octanol–water partition coefficient (Wildman–Crippen LogP) is 2.84. The van der Waals surface area contributed by atoms with Gasteiger partial charge in [-0.3, -0.25) is 19.7 Å². The summed E-state index contributed by atoms with van der Waals surface area (Å²) in [6, 6.07) is 4.96. The standard InChI is InChI=1S/C15H10F3N3O4S/c16-8-2-3-9(14(18)13(8)17)20-12(22)6-26-11-4-1-7(15(19)23)5-10(11)21(24)25/h1-5H,6H2,(H2,19,23)(H,20,22). The summed E-state index contributed by atoms with van der Waals surface area (Å²) in [6.45, 7) is 0. The molecule has 0 atom stereocenters. The molecule has 0 unspecified atom stereocenters. The minimum absolute atomic E-state index is 0.0703. The summed E-state index contributed by atoms with van der Waals surface area (Å²) in [5.74, 6) is -6.72. The number of nitrogens with one attached hydrogen (secondary N) is 1. The maximum Gasteiger partial charge on any atom is 0.283 e. The maximum absolute atomic E-state index is 13.5. The Labute approximate surface area is 148 Å². The topological polar surface area (TPSA) is 115 Å². The molecule has 2 rings (SSSR count). The van der Waals surface area contributed by atoms with Crippen molar-refractivity contribution in [1.29, 1.82) is 0 Å². The van der Waals surface area contributed by atoms with Crippen molar-refractivity contribution >= 4 is 35.0 Å². The van der Waals surface area contributed by atoms with Crippen LogP contribution < -0.4 is 11.1 Å². The lowest BCUT2D eigenvalue weighted by molar-refractivity contribution is -0.387. The fraction of sp³-hybridized carbons (Fsp3) is 0.0667. The summed E-state index contributed by atoms with van der Waals surface area (Å²) in [7, 11) is 0. The zero-order chi connectivity index (χ0) is 19.4. The summed E-state index contributed by atoms with van der Waals surface area (Å²) in [5.41, 5.74) is 3.98.